The van der Waals surface area contributed by atoms with Gasteiger partial charge in [0.05, 0.1) is 35.4 Å². The normalized spacial score (nSPS) is 19.9. The third kappa shape index (κ3) is 4.57. The number of fused-ring (bicyclic) bond motifs is 1. The highest BCUT2D eigenvalue weighted by Gasteiger charge is 2.36. The van der Waals surface area contributed by atoms with E-state index in [0.717, 1.165) is 23.2 Å². The Bertz CT molecular complexity index is 926. The number of thioether (sulfide) groups is 1. The molecule has 2 atom stereocenters. The van der Waals surface area contributed by atoms with Crippen LogP contribution in [0.5, 0.6) is 5.75 Å². The molecule has 1 N–H and O–H groups in total. The van der Waals surface area contributed by atoms with Gasteiger partial charge >= 0.3 is 0 Å². The van der Waals surface area contributed by atoms with Crippen LogP contribution in [-0.4, -0.2) is 65.6 Å². The maximum atomic E-state index is 12.9. The molecule has 27 heavy (non-hydrogen) atoms. The molecule has 0 radical (unpaired) electrons. The highest BCUT2D eigenvalue weighted by atomic mass is 32.2. The van der Waals surface area contributed by atoms with Gasteiger partial charge in [-0.25, -0.2) is 13.4 Å². The molecule has 7 nitrogen and oxygen atoms in total. The summed E-state index contributed by atoms with van der Waals surface area (Å²) >= 11 is 1.33. The first-order valence-electron chi connectivity index (χ1n) is 9.01. The number of H-pyrrole nitrogens is 1. The van der Waals surface area contributed by atoms with Gasteiger partial charge in [0, 0.05) is 18.2 Å². The summed E-state index contributed by atoms with van der Waals surface area (Å²) in [6, 6.07) is 5.36. The zero-order valence-electron chi connectivity index (χ0n) is 15.8. The second-order valence-electron chi connectivity index (χ2n) is 6.83. The second-order valence-corrected chi connectivity index (χ2v) is 10.0. The topological polar surface area (TPSA) is 92.4 Å². The first kappa shape index (κ1) is 20.0. The average molecular weight is 412 g/mol. The lowest BCUT2D eigenvalue weighted by Crippen LogP contribution is -2.47. The van der Waals surface area contributed by atoms with Gasteiger partial charge < -0.3 is 14.6 Å². The number of carbonyl (C=O) groups is 1. The Kier molecular flexibility index (Phi) is 6.00. The number of aromatic nitrogens is 2. The summed E-state index contributed by atoms with van der Waals surface area (Å²) in [6.07, 6.45) is 1.31. The fraction of sp³-hybridized carbons (Fsp3) is 0.556. The summed E-state index contributed by atoms with van der Waals surface area (Å²) < 4.78 is 28.9. The van der Waals surface area contributed by atoms with E-state index >= 15 is 0 Å². The van der Waals surface area contributed by atoms with Crippen molar-refractivity contribution in [3.05, 3.63) is 18.2 Å². The largest absolute Gasteiger partial charge is 0.497 e. The number of amides is 1. The van der Waals surface area contributed by atoms with Gasteiger partial charge in [0.1, 0.15) is 5.75 Å². The van der Waals surface area contributed by atoms with Crippen molar-refractivity contribution < 1.29 is 17.9 Å². The number of nitrogens with zero attached hydrogens (tertiary/aromatic N) is 2. The average Bonchev–Trinajstić information content (AvgIpc) is 3.21. The van der Waals surface area contributed by atoms with Crippen molar-refractivity contribution >= 4 is 38.5 Å². The first-order valence-corrected chi connectivity index (χ1v) is 11.8. The molecule has 9 heteroatoms. The lowest BCUT2D eigenvalue weighted by atomic mass is 10.1. The Balaban J connectivity index is 1.70. The molecular weight excluding hydrogens is 386 g/mol. The van der Waals surface area contributed by atoms with Crippen LogP contribution in [-0.2, 0) is 14.6 Å². The van der Waals surface area contributed by atoms with E-state index in [1.165, 1.54) is 11.8 Å². The van der Waals surface area contributed by atoms with Crippen LogP contribution in [0.3, 0.4) is 0 Å². The van der Waals surface area contributed by atoms with Crippen LogP contribution < -0.4 is 4.74 Å². The lowest BCUT2D eigenvalue weighted by molar-refractivity contribution is -0.132. The number of carbonyl (C=O) groups excluding carboxylic acids is 1. The maximum Gasteiger partial charge on any atom is 0.233 e. The molecule has 0 saturated carbocycles. The maximum absolute atomic E-state index is 12.9. The number of rotatable bonds is 7. The van der Waals surface area contributed by atoms with Gasteiger partial charge in [-0.15, -0.1) is 0 Å². The minimum atomic E-state index is -3.04. The first-order chi connectivity index (χ1) is 12.8. The van der Waals surface area contributed by atoms with Crippen LogP contribution in [0.1, 0.15) is 26.7 Å². The summed E-state index contributed by atoms with van der Waals surface area (Å²) in [6.45, 7) is 3.98. The van der Waals surface area contributed by atoms with Crippen LogP contribution in [0, 0.1) is 0 Å². The van der Waals surface area contributed by atoms with E-state index in [0.29, 0.717) is 11.6 Å². The molecule has 148 valence electrons. The minimum absolute atomic E-state index is 0.0105. The Hall–Kier alpha value is -1.74. The predicted molar refractivity (Wildman–Crippen MR) is 107 cm³/mol. The summed E-state index contributed by atoms with van der Waals surface area (Å²) in [5.41, 5.74) is 1.66. The summed E-state index contributed by atoms with van der Waals surface area (Å²) in [5.74, 6) is 1.14. The summed E-state index contributed by atoms with van der Waals surface area (Å²) in [5, 5.41) is 0.662. The molecule has 1 aliphatic rings. The second kappa shape index (κ2) is 8.10. The van der Waals surface area contributed by atoms with Gasteiger partial charge in [0.15, 0.2) is 15.0 Å². The van der Waals surface area contributed by atoms with Crippen molar-refractivity contribution in [3.63, 3.8) is 0 Å². The fourth-order valence-electron chi connectivity index (χ4n) is 3.37. The molecule has 1 aliphatic heterocycles. The molecule has 0 aliphatic carbocycles. The van der Waals surface area contributed by atoms with Crippen molar-refractivity contribution in [1.82, 2.24) is 14.9 Å². The number of methoxy groups -OCH3 is 1. The molecule has 1 amide bonds. The third-order valence-corrected chi connectivity index (χ3v) is 7.56. The predicted octanol–water partition coefficient (Wildman–Crippen LogP) is 2.48. The number of nitrogens with one attached hydrogen (secondary N) is 1. The van der Waals surface area contributed by atoms with Gasteiger partial charge in [-0.2, -0.15) is 0 Å². The number of sulfone groups is 1. The summed E-state index contributed by atoms with van der Waals surface area (Å²) in [4.78, 5) is 22.3. The molecule has 1 aromatic carbocycles. The third-order valence-electron chi connectivity index (χ3n) is 4.96. The number of hydrogen-bond donors (Lipinski definition) is 1. The monoisotopic (exact) mass is 411 g/mol. The fourth-order valence-corrected chi connectivity index (χ4v) is 5.83. The number of aromatic amines is 1. The number of hydrogen-bond acceptors (Lipinski definition) is 6. The van der Waals surface area contributed by atoms with Crippen LogP contribution >= 0.6 is 11.8 Å². The SMILES string of the molecule is CC[C@H](C)N(C(=O)CSc1nc2ccc(OC)cc2[nH]1)[C@@H]1CCS(=O)(=O)C1. The van der Waals surface area contributed by atoms with E-state index in [2.05, 4.69) is 9.97 Å². The standard InChI is InChI=1S/C18H25N3O4S2/c1-4-12(2)21(13-7-8-27(23,24)11-13)17(22)10-26-18-19-15-6-5-14(25-3)9-16(15)20-18/h5-6,9,12-13H,4,7-8,10-11H2,1-3H3,(H,19,20)/t12-,13+/m0/s1. The van der Waals surface area contributed by atoms with Crippen molar-refractivity contribution in [3.8, 4) is 5.75 Å². The van der Waals surface area contributed by atoms with Gasteiger partial charge in [0.25, 0.3) is 0 Å². The van der Waals surface area contributed by atoms with Crippen LogP contribution in [0.15, 0.2) is 23.4 Å². The Morgan fingerprint density at radius 1 is 1.48 bits per heavy atom. The Morgan fingerprint density at radius 3 is 2.89 bits per heavy atom. The molecule has 0 unspecified atom stereocenters. The van der Waals surface area contributed by atoms with Gasteiger partial charge in [-0.1, -0.05) is 18.7 Å². The van der Waals surface area contributed by atoms with E-state index in [9.17, 15) is 13.2 Å². The number of ether oxygens (including phenoxy) is 1. The smallest absolute Gasteiger partial charge is 0.233 e. The van der Waals surface area contributed by atoms with E-state index in [4.69, 9.17) is 4.74 Å². The van der Waals surface area contributed by atoms with E-state index in [-0.39, 0.29) is 35.2 Å². The highest BCUT2D eigenvalue weighted by molar-refractivity contribution is 7.99. The lowest BCUT2D eigenvalue weighted by Gasteiger charge is -2.33. The number of imidazole rings is 1. The molecule has 0 spiro atoms. The molecule has 2 aromatic rings. The van der Waals surface area contributed by atoms with Crippen LogP contribution in [0.4, 0.5) is 0 Å². The quantitative estimate of drug-likeness (QED) is 0.704. The molecule has 1 aromatic heterocycles. The summed E-state index contributed by atoms with van der Waals surface area (Å²) in [7, 11) is -1.43. The van der Waals surface area contributed by atoms with E-state index < -0.39 is 9.84 Å². The van der Waals surface area contributed by atoms with Crippen molar-refractivity contribution in [2.75, 3.05) is 24.4 Å². The van der Waals surface area contributed by atoms with Crippen molar-refractivity contribution in [2.24, 2.45) is 0 Å². The van der Waals surface area contributed by atoms with Crippen molar-refractivity contribution in [1.29, 1.82) is 0 Å². The molecule has 0 bridgehead atoms. The zero-order chi connectivity index (χ0) is 19.6. The van der Waals surface area contributed by atoms with Crippen molar-refractivity contribution in [2.45, 2.75) is 43.9 Å². The molecule has 1 saturated heterocycles. The molecule has 2 heterocycles. The molecule has 3 rings (SSSR count). The number of benzene rings is 1. The van der Waals surface area contributed by atoms with E-state index in [1.54, 1.807) is 12.0 Å². The molecular formula is C18H25N3O4S2. The van der Waals surface area contributed by atoms with Gasteiger partial charge in [0.2, 0.25) is 5.91 Å². The Morgan fingerprint density at radius 2 is 2.26 bits per heavy atom. The van der Waals surface area contributed by atoms with Gasteiger partial charge in [-0.3, -0.25) is 4.79 Å². The zero-order valence-corrected chi connectivity index (χ0v) is 17.4. The van der Waals surface area contributed by atoms with E-state index in [1.807, 2.05) is 32.0 Å². The van der Waals surface area contributed by atoms with Crippen LogP contribution in [0.25, 0.3) is 11.0 Å². The van der Waals surface area contributed by atoms with Gasteiger partial charge in [-0.05, 0) is 31.9 Å². The Labute approximate surface area is 163 Å². The minimum Gasteiger partial charge on any atom is -0.497 e. The highest BCUT2D eigenvalue weighted by Crippen LogP contribution is 2.26. The van der Waals surface area contributed by atoms with Crippen LogP contribution in [0.2, 0.25) is 0 Å². The molecule has 1 fully saturated rings.